The average Bonchev–Trinajstić information content (AvgIpc) is 2.88. The lowest BCUT2D eigenvalue weighted by molar-refractivity contribution is -0.142. The summed E-state index contributed by atoms with van der Waals surface area (Å²) in [5.74, 6) is -0.401. The molecule has 9 heteroatoms. The minimum atomic E-state index is -4.69. The quantitative estimate of drug-likeness (QED) is 0.497. The van der Waals surface area contributed by atoms with E-state index in [-0.39, 0.29) is 28.6 Å². The van der Waals surface area contributed by atoms with Crippen LogP contribution in [0.2, 0.25) is 5.02 Å². The van der Waals surface area contributed by atoms with Gasteiger partial charge < -0.3 is 0 Å². The van der Waals surface area contributed by atoms with Gasteiger partial charge in [-0.2, -0.15) is 18.3 Å². The Kier molecular flexibility index (Phi) is 6.03. The Morgan fingerprint density at radius 3 is 2.35 bits per heavy atom. The highest BCUT2D eigenvalue weighted by atomic mass is 35.5. The summed E-state index contributed by atoms with van der Waals surface area (Å²) in [4.78, 5) is 19.2. The second kappa shape index (κ2) is 8.59. The number of likely N-dealkylation sites (tertiary alicyclic amines) is 1. The Hall–Kier alpha value is -2.45. The normalized spacial score (nSPS) is 15.9. The molecule has 0 spiro atoms. The Labute approximate surface area is 182 Å². The fourth-order valence-corrected chi connectivity index (χ4v) is 4.08. The van der Waals surface area contributed by atoms with Crippen LogP contribution in [-0.4, -0.2) is 44.9 Å². The summed E-state index contributed by atoms with van der Waals surface area (Å²) in [5, 5.41) is 3.79. The van der Waals surface area contributed by atoms with Crippen LogP contribution in [0.15, 0.2) is 30.3 Å². The number of carbonyl (C=O) groups excluding carboxylic acids is 1. The van der Waals surface area contributed by atoms with Gasteiger partial charge in [-0.05, 0) is 38.9 Å². The first-order valence-corrected chi connectivity index (χ1v) is 10.6. The molecule has 0 N–H and O–H groups in total. The van der Waals surface area contributed by atoms with Gasteiger partial charge in [0.25, 0.3) is 0 Å². The van der Waals surface area contributed by atoms with E-state index in [0.29, 0.717) is 10.1 Å². The summed E-state index contributed by atoms with van der Waals surface area (Å²) in [6.07, 6.45) is -0.486. The number of hydrogen-bond acceptors (Lipinski definition) is 4. The predicted molar refractivity (Wildman–Crippen MR) is 112 cm³/mol. The molecule has 3 aromatic rings. The van der Waals surface area contributed by atoms with Crippen molar-refractivity contribution in [3.05, 3.63) is 52.3 Å². The molecule has 5 nitrogen and oxygen atoms in total. The van der Waals surface area contributed by atoms with Crippen molar-refractivity contribution in [2.75, 3.05) is 19.6 Å². The highest BCUT2D eigenvalue weighted by molar-refractivity contribution is 6.36. The summed E-state index contributed by atoms with van der Waals surface area (Å²) in [6.45, 7) is 3.52. The lowest BCUT2D eigenvalue weighted by Crippen LogP contribution is -2.31. The number of alkyl halides is 3. The monoisotopic (exact) mass is 450 g/mol. The van der Waals surface area contributed by atoms with Gasteiger partial charge in [0, 0.05) is 5.56 Å². The summed E-state index contributed by atoms with van der Waals surface area (Å²) in [7, 11) is 0. The van der Waals surface area contributed by atoms with E-state index in [2.05, 4.69) is 10.1 Å². The summed E-state index contributed by atoms with van der Waals surface area (Å²) < 4.78 is 42.1. The standard InChI is InChI=1S/C22H22ClF3N4O/c1-14-6-8-15(9-7-14)16-12-18(22(24,25)26)30-21(27-16)19(23)20(28-30)17(31)13-29-10-4-2-3-5-11-29/h6-9,12H,2-5,10-11,13H2,1H3. The van der Waals surface area contributed by atoms with Gasteiger partial charge in [0.2, 0.25) is 0 Å². The fraction of sp³-hybridized carbons (Fsp3) is 0.409. The van der Waals surface area contributed by atoms with Crippen LogP contribution in [0.3, 0.4) is 0 Å². The number of aromatic nitrogens is 3. The number of carbonyl (C=O) groups is 1. The molecule has 0 atom stereocenters. The number of benzene rings is 1. The van der Waals surface area contributed by atoms with Crippen molar-refractivity contribution in [3.8, 4) is 11.3 Å². The molecule has 0 saturated carbocycles. The van der Waals surface area contributed by atoms with E-state index in [1.807, 2.05) is 11.8 Å². The molecule has 1 aliphatic rings. The van der Waals surface area contributed by atoms with Gasteiger partial charge >= 0.3 is 6.18 Å². The number of rotatable bonds is 4. The van der Waals surface area contributed by atoms with Crippen molar-refractivity contribution in [1.29, 1.82) is 0 Å². The van der Waals surface area contributed by atoms with E-state index in [9.17, 15) is 18.0 Å². The van der Waals surface area contributed by atoms with Crippen molar-refractivity contribution in [1.82, 2.24) is 19.5 Å². The molecule has 0 aliphatic carbocycles. The second-order valence-electron chi connectivity index (χ2n) is 7.90. The Balaban J connectivity index is 1.77. The SMILES string of the molecule is Cc1ccc(-c2cc(C(F)(F)F)n3nc(C(=O)CN4CCCCCC4)c(Cl)c3n2)cc1. The van der Waals surface area contributed by atoms with Gasteiger partial charge in [0.1, 0.15) is 5.02 Å². The first-order chi connectivity index (χ1) is 14.7. The molecule has 0 bridgehead atoms. The third kappa shape index (κ3) is 4.60. The number of nitrogens with zero attached hydrogens (tertiary/aromatic N) is 4. The Morgan fingerprint density at radius 2 is 1.74 bits per heavy atom. The van der Waals surface area contributed by atoms with Crippen LogP contribution in [0.25, 0.3) is 16.9 Å². The van der Waals surface area contributed by atoms with E-state index < -0.39 is 17.7 Å². The van der Waals surface area contributed by atoms with Crippen molar-refractivity contribution in [3.63, 3.8) is 0 Å². The van der Waals surface area contributed by atoms with Gasteiger partial charge in [-0.15, -0.1) is 0 Å². The molecule has 3 heterocycles. The van der Waals surface area contributed by atoms with Crippen LogP contribution in [0, 0.1) is 6.92 Å². The maximum absolute atomic E-state index is 13.8. The first-order valence-electron chi connectivity index (χ1n) is 10.2. The third-order valence-corrected chi connectivity index (χ3v) is 5.85. The minimum absolute atomic E-state index is 0.0791. The van der Waals surface area contributed by atoms with Crippen molar-refractivity contribution in [2.45, 2.75) is 38.8 Å². The highest BCUT2D eigenvalue weighted by Crippen LogP contribution is 2.34. The Bertz CT molecular complexity index is 1100. The van der Waals surface area contributed by atoms with Crippen molar-refractivity contribution < 1.29 is 18.0 Å². The summed E-state index contributed by atoms with van der Waals surface area (Å²) >= 11 is 6.36. The van der Waals surface area contributed by atoms with Crippen LogP contribution in [-0.2, 0) is 6.18 Å². The van der Waals surface area contributed by atoms with Gasteiger partial charge in [-0.1, -0.05) is 54.3 Å². The van der Waals surface area contributed by atoms with Crippen LogP contribution < -0.4 is 0 Å². The van der Waals surface area contributed by atoms with E-state index in [4.69, 9.17) is 11.6 Å². The predicted octanol–water partition coefficient (Wildman–Crippen LogP) is 5.44. The smallest absolute Gasteiger partial charge is 0.296 e. The molecule has 0 unspecified atom stereocenters. The molecule has 0 radical (unpaired) electrons. The maximum atomic E-state index is 13.8. The molecular formula is C22H22ClF3N4O. The van der Waals surface area contributed by atoms with Gasteiger partial charge in [0.15, 0.2) is 22.8 Å². The van der Waals surface area contributed by atoms with Crippen molar-refractivity contribution in [2.24, 2.45) is 0 Å². The molecule has 31 heavy (non-hydrogen) atoms. The van der Waals surface area contributed by atoms with E-state index in [1.54, 1.807) is 24.3 Å². The third-order valence-electron chi connectivity index (χ3n) is 5.50. The van der Waals surface area contributed by atoms with E-state index in [0.717, 1.165) is 50.4 Å². The minimum Gasteiger partial charge on any atom is -0.296 e. The molecule has 1 fully saturated rings. The average molecular weight is 451 g/mol. The van der Waals surface area contributed by atoms with Gasteiger partial charge in [-0.25, -0.2) is 9.50 Å². The molecule has 164 valence electrons. The number of aryl methyl sites for hydroxylation is 1. The first kappa shape index (κ1) is 21.8. The maximum Gasteiger partial charge on any atom is 0.433 e. The summed E-state index contributed by atoms with van der Waals surface area (Å²) in [6, 6.07) is 7.92. The van der Waals surface area contributed by atoms with Crippen molar-refractivity contribution >= 4 is 23.0 Å². The second-order valence-corrected chi connectivity index (χ2v) is 8.28. The molecule has 0 amide bonds. The molecule has 1 saturated heterocycles. The lowest BCUT2D eigenvalue weighted by atomic mass is 10.1. The summed E-state index contributed by atoms with van der Waals surface area (Å²) in [5.41, 5.74) is 0.242. The zero-order valence-electron chi connectivity index (χ0n) is 17.0. The molecule has 4 rings (SSSR count). The molecular weight excluding hydrogens is 429 g/mol. The zero-order chi connectivity index (χ0) is 22.2. The number of ketones is 1. The fourth-order valence-electron chi connectivity index (χ4n) is 3.82. The van der Waals surface area contributed by atoms with Crippen LogP contribution in [0.5, 0.6) is 0 Å². The van der Waals surface area contributed by atoms with Crippen LogP contribution >= 0.6 is 11.6 Å². The lowest BCUT2D eigenvalue weighted by Gasteiger charge is -2.17. The highest BCUT2D eigenvalue weighted by Gasteiger charge is 2.36. The molecule has 2 aromatic heterocycles. The van der Waals surface area contributed by atoms with E-state index in [1.165, 1.54) is 0 Å². The zero-order valence-corrected chi connectivity index (χ0v) is 17.8. The van der Waals surface area contributed by atoms with E-state index >= 15 is 0 Å². The van der Waals surface area contributed by atoms with Crippen LogP contribution in [0.1, 0.15) is 47.4 Å². The van der Waals surface area contributed by atoms with Crippen LogP contribution in [0.4, 0.5) is 13.2 Å². The number of fused-ring (bicyclic) bond motifs is 1. The number of Topliss-reactive ketones (excluding diaryl/α,β-unsaturated/α-hetero) is 1. The molecule has 1 aromatic carbocycles. The molecule has 1 aliphatic heterocycles. The van der Waals surface area contributed by atoms with Gasteiger partial charge in [0.05, 0.1) is 12.2 Å². The largest absolute Gasteiger partial charge is 0.433 e. The number of halogens is 4. The Morgan fingerprint density at radius 1 is 1.10 bits per heavy atom. The topological polar surface area (TPSA) is 50.5 Å². The number of hydrogen-bond donors (Lipinski definition) is 0. The van der Waals surface area contributed by atoms with Gasteiger partial charge in [-0.3, -0.25) is 9.69 Å².